The van der Waals surface area contributed by atoms with E-state index in [0.717, 1.165) is 5.69 Å². The van der Waals surface area contributed by atoms with Gasteiger partial charge >= 0.3 is 0 Å². The number of rotatable bonds is 1. The van der Waals surface area contributed by atoms with E-state index in [-0.39, 0.29) is 18.2 Å². The average Bonchev–Trinajstić information content (AvgIpc) is 2.61. The van der Waals surface area contributed by atoms with Crippen LogP contribution in [0.25, 0.3) is 5.69 Å². The van der Waals surface area contributed by atoms with Gasteiger partial charge in [0.05, 0.1) is 11.9 Å². The van der Waals surface area contributed by atoms with Gasteiger partial charge in [0.25, 0.3) is 0 Å². The maximum absolute atomic E-state index is 8.70. The van der Waals surface area contributed by atoms with Crippen molar-refractivity contribution in [2.45, 2.75) is 0 Å². The zero-order valence-electron chi connectivity index (χ0n) is 7.79. The molecule has 0 spiro atoms. The summed E-state index contributed by atoms with van der Waals surface area (Å²) in [5, 5.41) is 12.7. The second-order valence-corrected chi connectivity index (χ2v) is 2.82. The van der Waals surface area contributed by atoms with Gasteiger partial charge in [-0.1, -0.05) is 18.2 Å². The Bertz CT molecular complexity index is 484. The topological polar surface area (TPSA) is 67.6 Å². The van der Waals surface area contributed by atoms with Crippen molar-refractivity contribution in [3.05, 3.63) is 42.1 Å². The summed E-state index contributed by atoms with van der Waals surface area (Å²) in [6, 6.07) is 11.5. The fourth-order valence-corrected chi connectivity index (χ4v) is 1.19. The van der Waals surface area contributed by atoms with Crippen LogP contribution in [0, 0.1) is 11.3 Å². The van der Waals surface area contributed by atoms with E-state index in [0.29, 0.717) is 5.56 Å². The maximum Gasteiger partial charge on any atom is 0.163 e. The first kappa shape index (κ1) is 11.1. The van der Waals surface area contributed by atoms with E-state index >= 15 is 0 Å². The smallest absolute Gasteiger partial charge is 0.163 e. The van der Waals surface area contributed by atoms with Crippen LogP contribution in [0.1, 0.15) is 5.56 Å². The van der Waals surface area contributed by atoms with E-state index in [2.05, 4.69) is 5.10 Å². The Morgan fingerprint density at radius 2 is 1.93 bits per heavy atom. The lowest BCUT2D eigenvalue weighted by atomic mass is 10.3. The number of aromatic nitrogens is 2. The van der Waals surface area contributed by atoms with Gasteiger partial charge in [0.1, 0.15) is 11.6 Å². The number of nitriles is 1. The number of hydrogen-bond donors (Lipinski definition) is 1. The van der Waals surface area contributed by atoms with E-state index in [1.807, 2.05) is 36.4 Å². The summed E-state index contributed by atoms with van der Waals surface area (Å²) in [7, 11) is 0. The van der Waals surface area contributed by atoms with E-state index in [4.69, 9.17) is 11.0 Å². The highest BCUT2D eigenvalue weighted by Gasteiger charge is 2.04. The number of hydrogen-bond acceptors (Lipinski definition) is 3. The van der Waals surface area contributed by atoms with Gasteiger partial charge in [0, 0.05) is 0 Å². The summed E-state index contributed by atoms with van der Waals surface area (Å²) in [5.74, 6) is 0.261. The Balaban J connectivity index is 0.00000112. The van der Waals surface area contributed by atoms with Crippen molar-refractivity contribution in [3.8, 4) is 11.8 Å². The van der Waals surface area contributed by atoms with Gasteiger partial charge in [-0.15, -0.1) is 17.5 Å². The molecule has 76 valence electrons. The van der Waals surface area contributed by atoms with Crippen molar-refractivity contribution in [1.29, 1.82) is 5.26 Å². The normalized spacial score (nSPS) is 9.00. The highest BCUT2D eigenvalue weighted by molar-refractivity contribution is 5.85. The second-order valence-electron chi connectivity index (χ2n) is 2.82. The zero-order valence-corrected chi connectivity index (χ0v) is 8.61. The van der Waals surface area contributed by atoms with Gasteiger partial charge in [-0.3, -0.25) is 0 Å². The molecule has 4 nitrogen and oxygen atoms in total. The highest BCUT2D eigenvalue weighted by Crippen LogP contribution is 2.12. The molecule has 2 N–H and O–H groups in total. The molecule has 1 aromatic carbocycles. The molecule has 1 aromatic heterocycles. The van der Waals surface area contributed by atoms with Crippen molar-refractivity contribution in [3.63, 3.8) is 0 Å². The summed E-state index contributed by atoms with van der Waals surface area (Å²) in [4.78, 5) is 0. The van der Waals surface area contributed by atoms with Crippen LogP contribution in [-0.2, 0) is 0 Å². The number of nitrogen functional groups attached to an aromatic ring is 1. The summed E-state index contributed by atoms with van der Waals surface area (Å²) < 4.78 is 1.59. The van der Waals surface area contributed by atoms with Crippen LogP contribution in [0.3, 0.4) is 0 Å². The number of para-hydroxylation sites is 1. The molecule has 5 heteroatoms. The number of nitrogens with two attached hydrogens (primary N) is 1. The lowest BCUT2D eigenvalue weighted by Gasteiger charge is -1.98. The minimum Gasteiger partial charge on any atom is -0.381 e. The Morgan fingerprint density at radius 3 is 2.47 bits per heavy atom. The Labute approximate surface area is 93.3 Å². The molecular formula is C10H9ClN4. The van der Waals surface area contributed by atoms with Crippen molar-refractivity contribution in [1.82, 2.24) is 9.78 Å². The number of benzene rings is 1. The number of halogens is 1. The Morgan fingerprint density at radius 1 is 1.27 bits per heavy atom. The van der Waals surface area contributed by atoms with E-state index in [9.17, 15) is 0 Å². The van der Waals surface area contributed by atoms with Crippen LogP contribution < -0.4 is 5.73 Å². The summed E-state index contributed by atoms with van der Waals surface area (Å²) in [5.41, 5.74) is 6.82. The van der Waals surface area contributed by atoms with Crippen LogP contribution in [0.15, 0.2) is 36.5 Å². The van der Waals surface area contributed by atoms with Crippen LogP contribution in [0.2, 0.25) is 0 Å². The van der Waals surface area contributed by atoms with Gasteiger partial charge in [0.2, 0.25) is 0 Å². The maximum atomic E-state index is 8.70. The third-order valence-corrected chi connectivity index (χ3v) is 1.88. The van der Waals surface area contributed by atoms with Gasteiger partial charge < -0.3 is 5.73 Å². The van der Waals surface area contributed by atoms with Crippen LogP contribution in [0.5, 0.6) is 0 Å². The Hall–Kier alpha value is -1.99. The molecule has 0 unspecified atom stereocenters. The molecule has 1 heterocycles. The molecule has 0 atom stereocenters. The molecule has 15 heavy (non-hydrogen) atoms. The standard InChI is InChI=1S/C10H8N4.ClH/c11-6-8-7-14(13-10(8)12)9-4-2-1-3-5-9;/h1-5,7H,(H2,12,13);1H. The predicted octanol–water partition coefficient (Wildman–Crippen LogP) is 1.75. The van der Waals surface area contributed by atoms with Crippen molar-refractivity contribution >= 4 is 18.2 Å². The minimum absolute atomic E-state index is 0. The van der Waals surface area contributed by atoms with E-state index in [1.54, 1.807) is 10.9 Å². The van der Waals surface area contributed by atoms with Gasteiger partial charge in [-0.25, -0.2) is 4.68 Å². The molecule has 0 aliphatic heterocycles. The summed E-state index contributed by atoms with van der Waals surface area (Å²) >= 11 is 0. The molecule has 0 saturated heterocycles. The minimum atomic E-state index is 0. The van der Waals surface area contributed by atoms with Crippen molar-refractivity contribution < 1.29 is 0 Å². The van der Waals surface area contributed by atoms with Crippen molar-refractivity contribution in [2.24, 2.45) is 0 Å². The molecule has 0 aliphatic rings. The molecule has 0 fully saturated rings. The van der Waals surface area contributed by atoms with Crippen molar-refractivity contribution in [2.75, 3.05) is 5.73 Å². The third-order valence-electron chi connectivity index (χ3n) is 1.88. The lowest BCUT2D eigenvalue weighted by Crippen LogP contribution is -1.95. The van der Waals surface area contributed by atoms with E-state index in [1.165, 1.54) is 0 Å². The first-order chi connectivity index (χ1) is 6.81. The molecule has 0 saturated carbocycles. The molecule has 0 radical (unpaired) electrons. The molecule has 2 aromatic rings. The zero-order chi connectivity index (χ0) is 9.97. The second kappa shape index (κ2) is 4.49. The molecule has 0 aliphatic carbocycles. The summed E-state index contributed by atoms with van der Waals surface area (Å²) in [6.45, 7) is 0. The van der Waals surface area contributed by atoms with Gasteiger partial charge in [0.15, 0.2) is 5.82 Å². The largest absolute Gasteiger partial charge is 0.381 e. The number of nitrogens with zero attached hydrogens (tertiary/aromatic N) is 3. The SMILES string of the molecule is Cl.N#Cc1cn(-c2ccccc2)nc1N. The predicted molar refractivity (Wildman–Crippen MR) is 59.9 cm³/mol. The van der Waals surface area contributed by atoms with Gasteiger partial charge in [-0.2, -0.15) is 5.26 Å². The van der Waals surface area contributed by atoms with Crippen LogP contribution in [0.4, 0.5) is 5.82 Å². The van der Waals surface area contributed by atoms with Gasteiger partial charge in [-0.05, 0) is 12.1 Å². The highest BCUT2D eigenvalue weighted by atomic mass is 35.5. The lowest BCUT2D eigenvalue weighted by molar-refractivity contribution is 0.886. The molecule has 0 amide bonds. The average molecular weight is 221 g/mol. The molecular weight excluding hydrogens is 212 g/mol. The van der Waals surface area contributed by atoms with E-state index < -0.39 is 0 Å². The quantitative estimate of drug-likeness (QED) is 0.796. The third kappa shape index (κ3) is 2.09. The first-order valence-corrected chi connectivity index (χ1v) is 4.12. The fourth-order valence-electron chi connectivity index (χ4n) is 1.19. The first-order valence-electron chi connectivity index (χ1n) is 4.12. The summed E-state index contributed by atoms with van der Waals surface area (Å²) in [6.07, 6.45) is 1.62. The fraction of sp³-hybridized carbons (Fsp3) is 0. The molecule has 2 rings (SSSR count). The van der Waals surface area contributed by atoms with Crippen LogP contribution >= 0.6 is 12.4 Å². The van der Waals surface area contributed by atoms with Crippen LogP contribution in [-0.4, -0.2) is 9.78 Å². The Kier molecular flexibility index (Phi) is 3.32. The molecule has 0 bridgehead atoms. The monoisotopic (exact) mass is 220 g/mol. The number of anilines is 1.